The van der Waals surface area contributed by atoms with Crippen molar-refractivity contribution in [2.24, 2.45) is 0 Å². The first-order valence-corrected chi connectivity index (χ1v) is 11.0. The predicted octanol–water partition coefficient (Wildman–Crippen LogP) is 5.34. The monoisotopic (exact) mass is 436 g/mol. The Morgan fingerprint density at radius 3 is 2.39 bits per heavy atom. The lowest BCUT2D eigenvalue weighted by Gasteiger charge is -2.35. The van der Waals surface area contributed by atoms with Crippen LogP contribution in [0.2, 0.25) is 5.02 Å². The van der Waals surface area contributed by atoms with Gasteiger partial charge in [0.15, 0.2) is 0 Å². The van der Waals surface area contributed by atoms with Crippen LogP contribution in [-0.2, 0) is 17.8 Å². The van der Waals surface area contributed by atoms with Gasteiger partial charge in [-0.05, 0) is 52.9 Å². The minimum absolute atomic E-state index is 0.0981. The molecule has 0 atom stereocenters. The molecule has 0 aromatic heterocycles. The van der Waals surface area contributed by atoms with E-state index in [1.165, 1.54) is 23.3 Å². The smallest absolute Gasteiger partial charge is 0.227 e. The number of benzene rings is 3. The summed E-state index contributed by atoms with van der Waals surface area (Å²) >= 11 is 6.35. The lowest BCUT2D eigenvalue weighted by atomic mass is 9.98. The van der Waals surface area contributed by atoms with Gasteiger partial charge < -0.3 is 4.90 Å². The molecule has 4 rings (SSSR count). The first-order valence-electron chi connectivity index (χ1n) is 10.6. The third kappa shape index (κ3) is 5.33. The van der Waals surface area contributed by atoms with Crippen LogP contribution in [0.25, 0.3) is 11.1 Å². The summed E-state index contributed by atoms with van der Waals surface area (Å²) in [5, 5.41) is 0.778. The maximum absolute atomic E-state index is 13.1. The standard InChI is InChI=1S/C26H26ClFN2O/c1-19-6-9-21(17-25(19)27)24-5-3-2-4-22(24)18-29-12-14-30(15-13-29)26(31)16-20-7-10-23(28)11-8-20/h2-11,17H,12-16,18H2,1H3. The molecular formula is C26H26ClFN2O. The van der Waals surface area contributed by atoms with Gasteiger partial charge in [0.2, 0.25) is 5.91 Å². The third-order valence-electron chi connectivity index (χ3n) is 5.89. The Kier molecular flexibility index (Phi) is 6.69. The Morgan fingerprint density at radius 1 is 0.968 bits per heavy atom. The molecule has 0 aliphatic carbocycles. The number of carbonyl (C=O) groups is 1. The van der Waals surface area contributed by atoms with E-state index in [1.54, 1.807) is 12.1 Å². The van der Waals surface area contributed by atoms with E-state index in [0.717, 1.165) is 41.3 Å². The quantitative estimate of drug-likeness (QED) is 0.538. The summed E-state index contributed by atoms with van der Waals surface area (Å²) in [7, 11) is 0. The first-order chi connectivity index (χ1) is 15.0. The summed E-state index contributed by atoms with van der Waals surface area (Å²) in [6.07, 6.45) is 0.317. The molecule has 3 aromatic rings. The van der Waals surface area contributed by atoms with Crippen LogP contribution in [0.3, 0.4) is 0 Å². The van der Waals surface area contributed by atoms with Crippen LogP contribution in [0.15, 0.2) is 66.7 Å². The molecule has 1 aliphatic rings. The van der Waals surface area contributed by atoms with Crippen LogP contribution < -0.4 is 0 Å². The van der Waals surface area contributed by atoms with Crippen molar-refractivity contribution in [3.63, 3.8) is 0 Å². The van der Waals surface area contributed by atoms with E-state index in [1.807, 2.05) is 17.9 Å². The minimum atomic E-state index is -0.280. The molecule has 0 bridgehead atoms. The SMILES string of the molecule is Cc1ccc(-c2ccccc2CN2CCN(C(=O)Cc3ccc(F)cc3)CC2)cc1Cl. The van der Waals surface area contributed by atoms with Crippen molar-refractivity contribution < 1.29 is 9.18 Å². The molecule has 3 nitrogen and oxygen atoms in total. The number of amides is 1. The molecular weight excluding hydrogens is 411 g/mol. The topological polar surface area (TPSA) is 23.6 Å². The molecule has 1 heterocycles. The van der Waals surface area contributed by atoms with Gasteiger partial charge in [-0.2, -0.15) is 0 Å². The molecule has 5 heteroatoms. The zero-order chi connectivity index (χ0) is 21.8. The van der Waals surface area contributed by atoms with Crippen LogP contribution in [-0.4, -0.2) is 41.9 Å². The molecule has 31 heavy (non-hydrogen) atoms. The van der Waals surface area contributed by atoms with Crippen molar-refractivity contribution in [2.45, 2.75) is 19.9 Å². The van der Waals surface area contributed by atoms with Crippen molar-refractivity contribution in [1.82, 2.24) is 9.80 Å². The zero-order valence-corrected chi connectivity index (χ0v) is 18.4. The molecule has 160 valence electrons. The lowest BCUT2D eigenvalue weighted by molar-refractivity contribution is -0.132. The normalized spacial score (nSPS) is 14.6. The number of aryl methyl sites for hydroxylation is 1. The van der Waals surface area contributed by atoms with E-state index in [-0.39, 0.29) is 11.7 Å². The summed E-state index contributed by atoms with van der Waals surface area (Å²) in [4.78, 5) is 16.9. The van der Waals surface area contributed by atoms with Crippen molar-refractivity contribution >= 4 is 17.5 Å². The molecule has 0 radical (unpaired) electrons. The largest absolute Gasteiger partial charge is 0.340 e. The Labute approximate surface area is 188 Å². The highest BCUT2D eigenvalue weighted by Gasteiger charge is 2.22. The molecule has 0 unspecified atom stereocenters. The third-order valence-corrected chi connectivity index (χ3v) is 6.29. The van der Waals surface area contributed by atoms with Gasteiger partial charge in [0, 0.05) is 37.7 Å². The maximum atomic E-state index is 13.1. The van der Waals surface area contributed by atoms with Gasteiger partial charge in [-0.1, -0.05) is 60.1 Å². The molecule has 0 saturated carbocycles. The number of carbonyl (C=O) groups excluding carboxylic acids is 1. The average Bonchev–Trinajstić information content (AvgIpc) is 2.78. The summed E-state index contributed by atoms with van der Waals surface area (Å²) in [5.74, 6) is -0.182. The van der Waals surface area contributed by atoms with Gasteiger partial charge in [0.05, 0.1) is 6.42 Å². The van der Waals surface area contributed by atoms with Crippen LogP contribution >= 0.6 is 11.6 Å². The first kappa shape index (κ1) is 21.5. The Balaban J connectivity index is 1.37. The zero-order valence-electron chi connectivity index (χ0n) is 17.7. The van der Waals surface area contributed by atoms with Crippen molar-refractivity contribution in [2.75, 3.05) is 26.2 Å². The molecule has 1 fully saturated rings. The second kappa shape index (κ2) is 9.63. The highest BCUT2D eigenvalue weighted by atomic mass is 35.5. The van der Waals surface area contributed by atoms with E-state index >= 15 is 0 Å². The van der Waals surface area contributed by atoms with Crippen molar-refractivity contribution in [1.29, 1.82) is 0 Å². The summed E-state index contributed by atoms with van der Waals surface area (Å²) in [6, 6.07) is 20.8. The predicted molar refractivity (Wildman–Crippen MR) is 124 cm³/mol. The van der Waals surface area contributed by atoms with Crippen molar-refractivity contribution in [3.8, 4) is 11.1 Å². The second-order valence-electron chi connectivity index (χ2n) is 8.08. The molecule has 0 N–H and O–H groups in total. The number of piperazine rings is 1. The van der Waals surface area contributed by atoms with E-state index in [2.05, 4.69) is 41.3 Å². The number of hydrogen-bond donors (Lipinski definition) is 0. The molecule has 0 spiro atoms. The fraction of sp³-hybridized carbons (Fsp3) is 0.269. The van der Waals surface area contributed by atoms with Crippen LogP contribution in [0.1, 0.15) is 16.7 Å². The van der Waals surface area contributed by atoms with Gasteiger partial charge in [-0.25, -0.2) is 4.39 Å². The van der Waals surface area contributed by atoms with Crippen LogP contribution in [0.4, 0.5) is 4.39 Å². The average molecular weight is 437 g/mol. The fourth-order valence-corrected chi connectivity index (χ4v) is 4.17. The second-order valence-corrected chi connectivity index (χ2v) is 8.49. The molecule has 3 aromatic carbocycles. The highest BCUT2D eigenvalue weighted by Crippen LogP contribution is 2.29. The molecule has 1 saturated heterocycles. The lowest BCUT2D eigenvalue weighted by Crippen LogP contribution is -2.48. The summed E-state index contributed by atoms with van der Waals surface area (Å²) < 4.78 is 13.1. The highest BCUT2D eigenvalue weighted by molar-refractivity contribution is 6.31. The Bertz CT molecular complexity index is 1060. The van der Waals surface area contributed by atoms with Crippen LogP contribution in [0, 0.1) is 12.7 Å². The number of rotatable bonds is 5. The Morgan fingerprint density at radius 2 is 1.68 bits per heavy atom. The molecule has 1 aliphatic heterocycles. The molecule has 1 amide bonds. The maximum Gasteiger partial charge on any atom is 0.227 e. The number of hydrogen-bond acceptors (Lipinski definition) is 2. The van der Waals surface area contributed by atoms with Crippen molar-refractivity contribution in [3.05, 3.63) is 94.3 Å². The summed E-state index contributed by atoms with van der Waals surface area (Å²) in [6.45, 7) is 5.92. The minimum Gasteiger partial charge on any atom is -0.340 e. The van der Waals surface area contributed by atoms with E-state index in [9.17, 15) is 9.18 Å². The fourth-order valence-electron chi connectivity index (χ4n) is 3.99. The van der Waals surface area contributed by atoms with E-state index < -0.39 is 0 Å². The van der Waals surface area contributed by atoms with Gasteiger partial charge in [0.25, 0.3) is 0 Å². The summed E-state index contributed by atoms with van der Waals surface area (Å²) in [5.41, 5.74) is 5.50. The van der Waals surface area contributed by atoms with Gasteiger partial charge in [-0.15, -0.1) is 0 Å². The Hall–Kier alpha value is -2.69. The van der Waals surface area contributed by atoms with E-state index in [0.29, 0.717) is 19.5 Å². The van der Waals surface area contributed by atoms with Gasteiger partial charge in [0.1, 0.15) is 5.82 Å². The van der Waals surface area contributed by atoms with Crippen LogP contribution in [0.5, 0.6) is 0 Å². The van der Waals surface area contributed by atoms with Gasteiger partial charge >= 0.3 is 0 Å². The van der Waals surface area contributed by atoms with Gasteiger partial charge in [-0.3, -0.25) is 9.69 Å². The van der Waals surface area contributed by atoms with E-state index in [4.69, 9.17) is 11.6 Å². The number of halogens is 2. The number of nitrogens with zero attached hydrogens (tertiary/aromatic N) is 2.